The fourth-order valence-electron chi connectivity index (χ4n) is 3.11. The predicted octanol–water partition coefficient (Wildman–Crippen LogP) is 2.15. The quantitative estimate of drug-likeness (QED) is 0.895. The van der Waals surface area contributed by atoms with Crippen molar-refractivity contribution in [2.75, 3.05) is 29.9 Å². The Morgan fingerprint density at radius 1 is 1.29 bits per heavy atom. The maximum Gasteiger partial charge on any atom is 0.244 e. The molecule has 1 atom stereocenters. The van der Waals surface area contributed by atoms with Crippen molar-refractivity contribution < 1.29 is 4.79 Å². The van der Waals surface area contributed by atoms with E-state index in [0.717, 1.165) is 50.4 Å². The van der Waals surface area contributed by atoms with Crippen molar-refractivity contribution in [2.45, 2.75) is 44.6 Å². The van der Waals surface area contributed by atoms with E-state index in [1.165, 1.54) is 12.8 Å². The van der Waals surface area contributed by atoms with Gasteiger partial charge in [-0.15, -0.1) is 0 Å². The highest BCUT2D eigenvalue weighted by Crippen LogP contribution is 2.22. The van der Waals surface area contributed by atoms with Crippen molar-refractivity contribution in [3.63, 3.8) is 0 Å². The third kappa shape index (κ3) is 3.18. The first-order chi connectivity index (χ1) is 10.2. The van der Waals surface area contributed by atoms with Crippen LogP contribution in [0.25, 0.3) is 0 Å². The number of carbonyl (C=O) groups excluding carboxylic acids is 1. The number of hydrogen-bond donors (Lipinski definition) is 2. The normalized spacial score (nSPS) is 25.9. The first-order valence-corrected chi connectivity index (χ1v) is 7.95. The summed E-state index contributed by atoms with van der Waals surface area (Å²) in [6.45, 7) is 5.06. The number of hydrogen-bond acceptors (Lipinski definition) is 4. The van der Waals surface area contributed by atoms with Crippen LogP contribution in [0.2, 0.25) is 0 Å². The number of anilines is 2. The fourth-order valence-corrected chi connectivity index (χ4v) is 3.11. The standard InChI is InChI=1S/C16H24N4O/c1-16(8-2-3-9-18-16)15(21)19-13-6-7-14(17-12-13)20-10-4-5-11-20/h6-7,12,18H,2-5,8-11H2,1H3,(H,19,21). The summed E-state index contributed by atoms with van der Waals surface area (Å²) >= 11 is 0. The highest BCUT2D eigenvalue weighted by Gasteiger charge is 2.34. The predicted molar refractivity (Wildman–Crippen MR) is 84.6 cm³/mol. The Balaban J connectivity index is 1.63. The van der Waals surface area contributed by atoms with Gasteiger partial charge in [0.2, 0.25) is 5.91 Å². The lowest BCUT2D eigenvalue weighted by atomic mass is 9.90. The number of carbonyl (C=O) groups is 1. The van der Waals surface area contributed by atoms with Gasteiger partial charge in [0.25, 0.3) is 0 Å². The molecule has 0 aromatic carbocycles. The van der Waals surface area contributed by atoms with Crippen LogP contribution in [0.4, 0.5) is 11.5 Å². The zero-order chi connectivity index (χ0) is 14.7. The van der Waals surface area contributed by atoms with Gasteiger partial charge in [0.05, 0.1) is 17.4 Å². The van der Waals surface area contributed by atoms with Crippen LogP contribution in [0.5, 0.6) is 0 Å². The number of rotatable bonds is 3. The van der Waals surface area contributed by atoms with E-state index in [1.54, 1.807) is 6.20 Å². The second-order valence-electron chi connectivity index (χ2n) is 6.27. The average molecular weight is 288 g/mol. The minimum Gasteiger partial charge on any atom is -0.357 e. The molecule has 0 radical (unpaired) electrons. The van der Waals surface area contributed by atoms with E-state index in [1.807, 2.05) is 19.1 Å². The van der Waals surface area contributed by atoms with E-state index < -0.39 is 5.54 Å². The molecule has 5 heteroatoms. The van der Waals surface area contributed by atoms with Gasteiger partial charge in [0.1, 0.15) is 5.82 Å². The summed E-state index contributed by atoms with van der Waals surface area (Å²) in [4.78, 5) is 19.2. The average Bonchev–Trinajstić information content (AvgIpc) is 3.03. The van der Waals surface area contributed by atoms with Gasteiger partial charge in [-0.3, -0.25) is 4.79 Å². The van der Waals surface area contributed by atoms with Gasteiger partial charge in [-0.2, -0.15) is 0 Å². The molecule has 5 nitrogen and oxygen atoms in total. The fraction of sp³-hybridized carbons (Fsp3) is 0.625. The summed E-state index contributed by atoms with van der Waals surface area (Å²) in [6, 6.07) is 3.95. The maximum absolute atomic E-state index is 12.4. The smallest absolute Gasteiger partial charge is 0.244 e. The molecule has 2 aliphatic rings. The van der Waals surface area contributed by atoms with E-state index in [0.29, 0.717) is 0 Å². The number of aromatic nitrogens is 1. The Morgan fingerprint density at radius 2 is 2.10 bits per heavy atom. The molecule has 2 N–H and O–H groups in total. The molecule has 3 rings (SSSR count). The van der Waals surface area contributed by atoms with E-state index in [2.05, 4.69) is 20.5 Å². The maximum atomic E-state index is 12.4. The molecule has 1 aromatic heterocycles. The van der Waals surface area contributed by atoms with Crippen molar-refractivity contribution in [1.82, 2.24) is 10.3 Å². The Bertz CT molecular complexity index is 488. The number of piperidine rings is 1. The van der Waals surface area contributed by atoms with Crippen molar-refractivity contribution >= 4 is 17.4 Å². The van der Waals surface area contributed by atoms with E-state index in [-0.39, 0.29) is 5.91 Å². The van der Waals surface area contributed by atoms with Gasteiger partial charge in [0, 0.05) is 13.1 Å². The highest BCUT2D eigenvalue weighted by molar-refractivity contribution is 5.97. The minimum absolute atomic E-state index is 0.0397. The molecule has 0 bridgehead atoms. The SMILES string of the molecule is CC1(C(=O)Nc2ccc(N3CCCC3)nc2)CCCCN1. The first-order valence-electron chi connectivity index (χ1n) is 7.95. The molecule has 2 saturated heterocycles. The van der Waals surface area contributed by atoms with Crippen molar-refractivity contribution in [2.24, 2.45) is 0 Å². The lowest BCUT2D eigenvalue weighted by molar-refractivity contribution is -0.122. The Kier molecular flexibility index (Phi) is 4.10. The Labute approximate surface area is 126 Å². The second-order valence-corrected chi connectivity index (χ2v) is 6.27. The third-order valence-corrected chi connectivity index (χ3v) is 4.56. The summed E-state index contributed by atoms with van der Waals surface area (Å²) in [6.07, 6.45) is 7.38. The van der Waals surface area contributed by atoms with Crippen LogP contribution in [-0.2, 0) is 4.79 Å². The summed E-state index contributed by atoms with van der Waals surface area (Å²) in [5, 5.41) is 6.32. The zero-order valence-corrected chi connectivity index (χ0v) is 12.7. The van der Waals surface area contributed by atoms with Crippen molar-refractivity contribution in [3.05, 3.63) is 18.3 Å². The van der Waals surface area contributed by atoms with Gasteiger partial charge in [-0.05, 0) is 57.7 Å². The molecule has 1 amide bonds. The molecule has 2 fully saturated rings. The number of nitrogens with one attached hydrogen (secondary N) is 2. The van der Waals surface area contributed by atoms with E-state index in [9.17, 15) is 4.79 Å². The molecule has 0 saturated carbocycles. The van der Waals surface area contributed by atoms with Crippen molar-refractivity contribution in [1.29, 1.82) is 0 Å². The molecule has 0 aliphatic carbocycles. The van der Waals surface area contributed by atoms with Crippen LogP contribution < -0.4 is 15.5 Å². The van der Waals surface area contributed by atoms with Gasteiger partial charge in [-0.1, -0.05) is 0 Å². The molecule has 2 aliphatic heterocycles. The summed E-state index contributed by atoms with van der Waals surface area (Å²) in [5.41, 5.74) is 0.322. The van der Waals surface area contributed by atoms with Crippen molar-refractivity contribution in [3.8, 4) is 0 Å². The van der Waals surface area contributed by atoms with Crippen LogP contribution in [0, 0.1) is 0 Å². The van der Waals surface area contributed by atoms with Gasteiger partial charge in [0.15, 0.2) is 0 Å². The zero-order valence-electron chi connectivity index (χ0n) is 12.7. The molecule has 21 heavy (non-hydrogen) atoms. The molecular formula is C16H24N4O. The van der Waals surface area contributed by atoms with Crippen LogP contribution in [0.1, 0.15) is 39.0 Å². The van der Waals surface area contributed by atoms with Crippen LogP contribution in [0.15, 0.2) is 18.3 Å². The molecule has 1 aromatic rings. The van der Waals surface area contributed by atoms with Crippen LogP contribution >= 0.6 is 0 Å². The molecule has 3 heterocycles. The number of pyridine rings is 1. The molecule has 1 unspecified atom stereocenters. The Hall–Kier alpha value is -1.62. The van der Waals surface area contributed by atoms with E-state index >= 15 is 0 Å². The molecule has 114 valence electrons. The van der Waals surface area contributed by atoms with Crippen LogP contribution in [-0.4, -0.2) is 36.1 Å². The summed E-state index contributed by atoms with van der Waals surface area (Å²) in [7, 11) is 0. The summed E-state index contributed by atoms with van der Waals surface area (Å²) < 4.78 is 0. The van der Waals surface area contributed by atoms with Gasteiger partial charge >= 0.3 is 0 Å². The largest absolute Gasteiger partial charge is 0.357 e. The first kappa shape index (κ1) is 14.3. The highest BCUT2D eigenvalue weighted by atomic mass is 16.2. The summed E-state index contributed by atoms with van der Waals surface area (Å²) in [5.74, 6) is 1.05. The minimum atomic E-state index is -0.453. The van der Waals surface area contributed by atoms with Gasteiger partial charge < -0.3 is 15.5 Å². The molecule has 0 spiro atoms. The third-order valence-electron chi connectivity index (χ3n) is 4.56. The van der Waals surface area contributed by atoms with E-state index in [4.69, 9.17) is 0 Å². The lowest BCUT2D eigenvalue weighted by Crippen LogP contribution is -2.54. The second kappa shape index (κ2) is 6.02. The monoisotopic (exact) mass is 288 g/mol. The number of nitrogens with zero attached hydrogens (tertiary/aromatic N) is 2. The van der Waals surface area contributed by atoms with Gasteiger partial charge in [-0.25, -0.2) is 4.98 Å². The Morgan fingerprint density at radius 3 is 2.71 bits per heavy atom. The topological polar surface area (TPSA) is 57.3 Å². The van der Waals surface area contributed by atoms with Crippen LogP contribution in [0.3, 0.4) is 0 Å². The number of amides is 1. The molecular weight excluding hydrogens is 264 g/mol. The lowest BCUT2D eigenvalue weighted by Gasteiger charge is -2.33.